The zero-order valence-electron chi connectivity index (χ0n) is 3.05. The third-order valence-corrected chi connectivity index (χ3v) is 0. The predicted molar refractivity (Wildman–Crippen MR) is 47.5 cm³/mol. The second kappa shape index (κ2) is 46.3. The fraction of sp³-hybridized carbons (Fsp3) is 0. The van der Waals surface area contributed by atoms with E-state index in [0.717, 1.165) is 0 Å². The minimum atomic E-state index is 0. The quantitative estimate of drug-likeness (QED) is 0.493. The van der Waals surface area contributed by atoms with Crippen LogP contribution in [0.2, 0.25) is 0 Å². The zero-order chi connectivity index (χ0) is 0. The Morgan fingerprint density at radius 2 is 0.500 bits per heavy atom. The normalized spacial score (nSPS) is 0. The van der Waals surface area contributed by atoms with Crippen molar-refractivity contribution in [3.8, 4) is 0 Å². The fourth-order valence-corrected chi connectivity index (χ4v) is 0. The summed E-state index contributed by atoms with van der Waals surface area (Å²) in [4.78, 5) is 0. The minimum absolute atomic E-state index is 0. The van der Waals surface area contributed by atoms with Crippen molar-refractivity contribution < 1.29 is 0 Å². The molecule has 0 aliphatic carbocycles. The van der Waals surface area contributed by atoms with Gasteiger partial charge in [-0.25, -0.2) is 0 Å². The molecule has 0 saturated carbocycles. The number of hydrogen-bond acceptors (Lipinski definition) is 0. The van der Waals surface area contributed by atoms with Crippen LogP contribution >= 0.6 is 49.6 Å². The number of halogens is 4. The van der Waals surface area contributed by atoms with Gasteiger partial charge in [0, 0.05) is 0 Å². The molecule has 0 amide bonds. The first-order valence-electron chi connectivity index (χ1n) is 0. The van der Waals surface area contributed by atoms with E-state index in [9.17, 15) is 0 Å². The molecule has 0 nitrogen and oxygen atoms in total. The van der Waals surface area contributed by atoms with E-state index in [4.69, 9.17) is 0 Å². The molecule has 0 aliphatic heterocycles. The molecule has 0 spiro atoms. The summed E-state index contributed by atoms with van der Waals surface area (Å²) in [7, 11) is 0. The summed E-state index contributed by atoms with van der Waals surface area (Å²) < 4.78 is 0. The number of hydrogen-bond donors (Lipinski definition) is 0. The van der Waals surface area contributed by atoms with Crippen LogP contribution in [0, 0.1) is 0 Å². The van der Waals surface area contributed by atoms with Crippen LogP contribution < -0.4 is 0 Å². The van der Waals surface area contributed by atoms with Gasteiger partial charge >= 0.3 is 48.3 Å². The van der Waals surface area contributed by atoms with Gasteiger partial charge in [-0.3, -0.25) is 0 Å². The summed E-state index contributed by atoms with van der Waals surface area (Å²) in [5.41, 5.74) is 0. The van der Waals surface area contributed by atoms with E-state index in [-0.39, 0.29) is 98.0 Å². The molecule has 0 saturated heterocycles. The van der Waals surface area contributed by atoms with Gasteiger partial charge in [0.1, 0.15) is 0 Å². The Balaban J connectivity index is 0. The van der Waals surface area contributed by atoms with Crippen molar-refractivity contribution in [3.63, 3.8) is 0 Å². The Labute approximate surface area is 96.6 Å². The average Bonchev–Trinajstić information content (AvgIpc) is 0. The van der Waals surface area contributed by atoms with Gasteiger partial charge in [0.05, 0.1) is 0 Å². The van der Waals surface area contributed by atoms with Crippen LogP contribution in [-0.4, -0.2) is 48.3 Å². The second-order valence-corrected chi connectivity index (χ2v) is 0. The molecule has 0 N–H and O–H groups in total. The predicted octanol–water partition coefficient (Wildman–Crippen LogP) is -0.413. The van der Waals surface area contributed by atoms with Gasteiger partial charge in [-0.1, -0.05) is 0 Å². The van der Waals surface area contributed by atoms with Gasteiger partial charge in [0.2, 0.25) is 0 Å². The molecule has 0 atom stereocenters. The van der Waals surface area contributed by atoms with Crippen LogP contribution in [0.4, 0.5) is 0 Å². The van der Waals surface area contributed by atoms with E-state index in [1.165, 1.54) is 0 Å². The van der Waals surface area contributed by atoms with Gasteiger partial charge < -0.3 is 0 Å². The monoisotopic (exact) mass is 390 g/mol. The van der Waals surface area contributed by atoms with Gasteiger partial charge in [-0.2, -0.15) is 0 Å². The molecule has 0 unspecified atom stereocenters. The first-order chi connectivity index (χ1) is 0. The molecule has 0 rings (SSSR count). The van der Waals surface area contributed by atoms with Crippen LogP contribution in [0.1, 0.15) is 0 Å². The molecule has 6 heavy (non-hydrogen) atoms. The molecule has 0 aromatic heterocycles. The Morgan fingerprint density at radius 3 is 0.500 bits per heavy atom. The van der Waals surface area contributed by atoms with Crippen molar-refractivity contribution >= 4 is 98.0 Å². The summed E-state index contributed by atoms with van der Waals surface area (Å²) in [5.74, 6) is 0. The van der Waals surface area contributed by atoms with E-state index in [0.29, 0.717) is 0 Å². The maximum absolute atomic E-state index is 0. The molecule has 46 valence electrons. The summed E-state index contributed by atoms with van der Waals surface area (Å²) in [5, 5.41) is 0. The summed E-state index contributed by atoms with van der Waals surface area (Å²) >= 11 is 0. The van der Waals surface area contributed by atoms with Crippen molar-refractivity contribution in [2.45, 2.75) is 0 Å². The first-order valence-corrected chi connectivity index (χ1v) is 0. The molecular weight excluding hydrogens is 382 g/mol. The van der Waals surface area contributed by atoms with Crippen molar-refractivity contribution in [2.75, 3.05) is 0 Å². The fourth-order valence-electron chi connectivity index (χ4n) is 0. The van der Waals surface area contributed by atoms with Crippen LogP contribution in [0.5, 0.6) is 0 Å². The molecule has 0 aromatic rings. The molecule has 0 heterocycles. The van der Waals surface area contributed by atoms with Gasteiger partial charge in [0.25, 0.3) is 0 Å². The third-order valence-electron chi connectivity index (χ3n) is 0. The average molecular weight is 391 g/mol. The molecule has 0 fully saturated rings. The summed E-state index contributed by atoms with van der Waals surface area (Å²) in [6, 6.07) is 0. The van der Waals surface area contributed by atoms with E-state index in [2.05, 4.69) is 0 Å². The van der Waals surface area contributed by atoms with Crippen LogP contribution in [0.15, 0.2) is 0 Å². The SMILES string of the molecule is Cl.Cl.Cl.Cl.[SbH3].[SnH2]. The molecule has 0 bridgehead atoms. The van der Waals surface area contributed by atoms with Gasteiger partial charge in [-0.15, -0.1) is 49.6 Å². The van der Waals surface area contributed by atoms with Crippen LogP contribution in [0.3, 0.4) is 0 Å². The van der Waals surface area contributed by atoms with Crippen LogP contribution in [-0.2, 0) is 0 Å². The van der Waals surface area contributed by atoms with Crippen LogP contribution in [0.25, 0.3) is 0 Å². The van der Waals surface area contributed by atoms with E-state index in [1.54, 1.807) is 0 Å². The molecule has 0 aliphatic rings. The Bertz CT molecular complexity index is 7.51. The van der Waals surface area contributed by atoms with Gasteiger partial charge in [0.15, 0.2) is 0 Å². The standard InChI is InChI=1S/4ClH.Sb.Sn.5H/h4*1H;;;;;;;. The topological polar surface area (TPSA) is 0 Å². The van der Waals surface area contributed by atoms with Crippen molar-refractivity contribution in [1.82, 2.24) is 0 Å². The third kappa shape index (κ3) is 29.3. The van der Waals surface area contributed by atoms with Crippen molar-refractivity contribution in [2.24, 2.45) is 0 Å². The maximum atomic E-state index is 0. The zero-order valence-corrected chi connectivity index (χ0v) is 14.4. The Morgan fingerprint density at radius 1 is 0.500 bits per heavy atom. The van der Waals surface area contributed by atoms with Crippen molar-refractivity contribution in [3.05, 3.63) is 0 Å². The van der Waals surface area contributed by atoms with E-state index in [1.807, 2.05) is 0 Å². The van der Waals surface area contributed by atoms with Gasteiger partial charge in [-0.05, 0) is 0 Å². The molecule has 2 radical (unpaired) electrons. The molecule has 6 heteroatoms. The summed E-state index contributed by atoms with van der Waals surface area (Å²) in [6.07, 6.45) is 0. The Kier molecular flexibility index (Phi) is 531. The first kappa shape index (κ1) is 68.8. The second-order valence-electron chi connectivity index (χ2n) is 0. The van der Waals surface area contributed by atoms with E-state index < -0.39 is 0 Å². The van der Waals surface area contributed by atoms with E-state index >= 15 is 0 Å². The number of rotatable bonds is 0. The molecular formula is H9Cl4SbSn. The molecule has 0 aromatic carbocycles. The van der Waals surface area contributed by atoms with Crippen molar-refractivity contribution in [1.29, 1.82) is 0 Å². The Hall–Kier alpha value is 2.78. The summed E-state index contributed by atoms with van der Waals surface area (Å²) in [6.45, 7) is 0.